The Morgan fingerprint density at radius 3 is 2.17 bits per heavy atom. The average Bonchev–Trinajstić information content (AvgIpc) is 1.86. The molecule has 0 saturated heterocycles. The molecule has 7 heteroatoms. The van der Waals surface area contributed by atoms with Crippen molar-refractivity contribution in [1.82, 2.24) is 0 Å². The highest BCUT2D eigenvalue weighted by Crippen LogP contribution is 2.70. The van der Waals surface area contributed by atoms with E-state index in [1.807, 2.05) is 0 Å². The summed E-state index contributed by atoms with van der Waals surface area (Å²) in [6.07, 6.45) is 0. The summed E-state index contributed by atoms with van der Waals surface area (Å²) in [5, 5.41) is 0. The molecule has 1 unspecified atom stereocenters. The summed E-state index contributed by atoms with van der Waals surface area (Å²) in [7, 11) is 0. The molecule has 0 N–H and O–H groups in total. The minimum absolute atomic E-state index is 0.122. The van der Waals surface area contributed by atoms with Crippen LogP contribution in [0.25, 0.3) is 0 Å². The molecule has 0 aromatic rings. The van der Waals surface area contributed by atoms with Crippen LogP contribution in [0.3, 0.4) is 0 Å². The highest BCUT2D eigenvalue weighted by atomic mass is 32.7. The van der Waals surface area contributed by atoms with Crippen LogP contribution in [0.1, 0.15) is 13.8 Å². The molecule has 0 aromatic heterocycles. The first-order valence-electron chi connectivity index (χ1n) is 3.33. The van der Waals surface area contributed by atoms with E-state index in [9.17, 15) is 17.7 Å². The Bertz CT molecular complexity index is 172. The van der Waals surface area contributed by atoms with Crippen molar-refractivity contribution >= 4 is 18.0 Å². The van der Waals surface area contributed by atoms with Gasteiger partial charge in [-0.2, -0.15) is 13.2 Å². The molecular weight excluding hydrogens is 212 g/mol. The summed E-state index contributed by atoms with van der Waals surface area (Å²) in [6.45, 7) is -1.79. The van der Waals surface area contributed by atoms with Gasteiger partial charge in [-0.25, -0.2) is 0 Å². The van der Waals surface area contributed by atoms with Crippen LogP contribution in [-0.2, 0) is 9.09 Å². The number of halogens is 3. The smallest absolute Gasteiger partial charge is 0.315 e. The van der Waals surface area contributed by atoms with Crippen molar-refractivity contribution in [3.05, 3.63) is 0 Å². The first-order chi connectivity index (χ1) is 5.37. The lowest BCUT2D eigenvalue weighted by Crippen LogP contribution is -2.09. The Hall–Kier alpha value is 0.330. The molecule has 0 bridgehead atoms. The second-order valence-corrected chi connectivity index (χ2v) is 6.61. The maximum absolute atomic E-state index is 12.1. The van der Waals surface area contributed by atoms with Gasteiger partial charge >= 0.3 is 12.5 Å². The van der Waals surface area contributed by atoms with Crippen molar-refractivity contribution in [3.8, 4) is 0 Å². The molecule has 0 spiro atoms. The zero-order valence-electron chi connectivity index (χ0n) is 6.72. The second kappa shape index (κ2) is 4.53. The lowest BCUT2D eigenvalue weighted by Gasteiger charge is -2.18. The zero-order chi connectivity index (χ0) is 9.83. The molecular formula is C5H10F3O2PS. The number of alkyl halides is 3. The zero-order valence-corrected chi connectivity index (χ0v) is 8.43. The average molecular weight is 222 g/mol. The molecule has 0 saturated carbocycles. The van der Waals surface area contributed by atoms with Gasteiger partial charge in [-0.05, 0) is 12.7 Å². The number of rotatable bonds is 4. The third kappa shape index (κ3) is 2.99. The second-order valence-electron chi connectivity index (χ2n) is 1.80. The summed E-state index contributed by atoms with van der Waals surface area (Å²) in [4.78, 5) is 0. The van der Waals surface area contributed by atoms with E-state index in [0.29, 0.717) is 11.4 Å². The van der Waals surface area contributed by atoms with Crippen LogP contribution in [-0.4, -0.2) is 18.3 Å². The molecule has 0 amide bonds. The molecule has 0 aliphatic rings. The largest absolute Gasteiger partial charge is 0.476 e. The summed E-state index contributed by atoms with van der Waals surface area (Å²) in [5.41, 5.74) is 0. The maximum atomic E-state index is 12.1. The molecule has 0 aliphatic carbocycles. The van der Waals surface area contributed by atoms with Crippen molar-refractivity contribution < 1.29 is 22.3 Å². The maximum Gasteiger partial charge on any atom is 0.476 e. The first-order valence-corrected chi connectivity index (χ1v) is 6.55. The molecule has 0 rings (SSSR count). The van der Waals surface area contributed by atoms with Crippen LogP contribution in [0.4, 0.5) is 13.2 Å². The van der Waals surface area contributed by atoms with Crippen molar-refractivity contribution in [3.63, 3.8) is 0 Å². The van der Waals surface area contributed by atoms with Gasteiger partial charge < -0.3 is 4.52 Å². The SMILES string of the molecule is CCOP(=O)(SCC)C(F)(F)F. The van der Waals surface area contributed by atoms with E-state index in [0.717, 1.165) is 0 Å². The van der Waals surface area contributed by atoms with Crippen LogP contribution in [0.15, 0.2) is 0 Å². The fourth-order valence-corrected chi connectivity index (χ4v) is 3.57. The standard InChI is InChI=1S/C5H10F3O2PS/c1-3-10-11(9,12-4-2)5(6,7)8/h3-4H2,1-2H3. The van der Waals surface area contributed by atoms with E-state index in [-0.39, 0.29) is 12.4 Å². The minimum atomic E-state index is -4.75. The first kappa shape index (κ1) is 12.3. The van der Waals surface area contributed by atoms with E-state index >= 15 is 0 Å². The van der Waals surface area contributed by atoms with Crippen LogP contribution >= 0.6 is 18.0 Å². The van der Waals surface area contributed by atoms with Gasteiger partial charge in [0.15, 0.2) is 0 Å². The Balaban J connectivity index is 4.51. The quantitative estimate of drug-likeness (QED) is 0.681. The van der Waals surface area contributed by atoms with Gasteiger partial charge in [0.1, 0.15) is 0 Å². The van der Waals surface area contributed by atoms with E-state index in [2.05, 4.69) is 4.52 Å². The van der Waals surface area contributed by atoms with Crippen LogP contribution in [0, 0.1) is 0 Å². The Morgan fingerprint density at radius 1 is 1.42 bits per heavy atom. The third-order valence-corrected chi connectivity index (χ3v) is 5.46. The molecule has 0 aromatic carbocycles. The molecule has 0 fully saturated rings. The lowest BCUT2D eigenvalue weighted by atomic mass is 10.9. The fourth-order valence-electron chi connectivity index (χ4n) is 0.524. The minimum Gasteiger partial charge on any atom is -0.315 e. The normalized spacial score (nSPS) is 17.4. The van der Waals surface area contributed by atoms with Gasteiger partial charge in [-0.3, -0.25) is 4.57 Å². The highest BCUT2D eigenvalue weighted by molar-refractivity contribution is 8.56. The van der Waals surface area contributed by atoms with E-state index in [4.69, 9.17) is 0 Å². The van der Waals surface area contributed by atoms with E-state index in [1.54, 1.807) is 0 Å². The van der Waals surface area contributed by atoms with Gasteiger partial charge in [0, 0.05) is 0 Å². The Kier molecular flexibility index (Phi) is 4.66. The van der Waals surface area contributed by atoms with Gasteiger partial charge in [0.2, 0.25) is 0 Å². The predicted molar refractivity (Wildman–Crippen MR) is 43.4 cm³/mol. The number of hydrogen-bond donors (Lipinski definition) is 0. The lowest BCUT2D eigenvalue weighted by molar-refractivity contribution is -0.0545. The fraction of sp³-hybridized carbons (Fsp3) is 1.00. The molecule has 12 heavy (non-hydrogen) atoms. The van der Waals surface area contributed by atoms with Crippen molar-refractivity contribution in [2.45, 2.75) is 19.8 Å². The van der Waals surface area contributed by atoms with Gasteiger partial charge in [-0.15, -0.1) is 0 Å². The van der Waals surface area contributed by atoms with E-state index in [1.165, 1.54) is 13.8 Å². The molecule has 1 atom stereocenters. The summed E-state index contributed by atoms with van der Waals surface area (Å²) < 4.78 is 51.5. The topological polar surface area (TPSA) is 26.3 Å². The molecule has 74 valence electrons. The molecule has 0 aliphatic heterocycles. The summed E-state index contributed by atoms with van der Waals surface area (Å²) >= 11 is 0.319. The molecule has 0 radical (unpaired) electrons. The van der Waals surface area contributed by atoms with Gasteiger partial charge in [-0.1, -0.05) is 18.3 Å². The monoisotopic (exact) mass is 222 g/mol. The van der Waals surface area contributed by atoms with Gasteiger partial charge in [0.05, 0.1) is 6.61 Å². The molecule has 0 heterocycles. The summed E-state index contributed by atoms with van der Waals surface area (Å²) in [5.74, 6) is -4.62. The highest BCUT2D eigenvalue weighted by Gasteiger charge is 2.52. The Labute approximate surface area is 73.1 Å². The third-order valence-electron chi connectivity index (χ3n) is 0.909. The predicted octanol–water partition coefficient (Wildman–Crippen LogP) is 3.49. The van der Waals surface area contributed by atoms with Gasteiger partial charge in [0.25, 0.3) is 0 Å². The number of hydrogen-bond acceptors (Lipinski definition) is 3. The van der Waals surface area contributed by atoms with Crippen LogP contribution in [0.2, 0.25) is 0 Å². The Morgan fingerprint density at radius 2 is 1.92 bits per heavy atom. The van der Waals surface area contributed by atoms with Crippen molar-refractivity contribution in [2.24, 2.45) is 0 Å². The molecule has 2 nitrogen and oxygen atoms in total. The summed E-state index contributed by atoms with van der Waals surface area (Å²) in [6, 6.07) is 0. The van der Waals surface area contributed by atoms with Crippen LogP contribution < -0.4 is 0 Å². The van der Waals surface area contributed by atoms with Crippen molar-refractivity contribution in [2.75, 3.05) is 12.4 Å². The van der Waals surface area contributed by atoms with E-state index < -0.39 is 12.5 Å². The van der Waals surface area contributed by atoms with Crippen molar-refractivity contribution in [1.29, 1.82) is 0 Å². The van der Waals surface area contributed by atoms with Crippen LogP contribution in [0.5, 0.6) is 0 Å².